The normalized spacial score (nSPS) is 12.0. The molecule has 0 unspecified atom stereocenters. The van der Waals surface area contributed by atoms with Crippen molar-refractivity contribution in [3.8, 4) is 5.75 Å². The summed E-state index contributed by atoms with van der Waals surface area (Å²) in [5, 5.41) is 9.14. The smallest absolute Gasteiger partial charge is 0.239 e. The van der Waals surface area contributed by atoms with E-state index in [2.05, 4.69) is 34.8 Å². The van der Waals surface area contributed by atoms with Gasteiger partial charge >= 0.3 is 0 Å². The maximum absolute atomic E-state index is 11.9. The van der Waals surface area contributed by atoms with Crippen LogP contribution in [0.2, 0.25) is 0 Å². The highest BCUT2D eigenvalue weighted by atomic mass is 16.5. The van der Waals surface area contributed by atoms with E-state index in [4.69, 9.17) is 4.74 Å². The number of hydrogen-bond acceptors (Lipinski definition) is 3. The molecule has 0 fully saturated rings. The van der Waals surface area contributed by atoms with Crippen LogP contribution in [0.15, 0.2) is 29.3 Å². The van der Waals surface area contributed by atoms with Gasteiger partial charge in [0.1, 0.15) is 5.75 Å². The molecule has 3 N–H and O–H groups in total. The summed E-state index contributed by atoms with van der Waals surface area (Å²) in [7, 11) is 0. The van der Waals surface area contributed by atoms with Crippen LogP contribution in [0.1, 0.15) is 47.1 Å². The number of rotatable bonds is 8. The van der Waals surface area contributed by atoms with E-state index in [1.54, 1.807) is 0 Å². The van der Waals surface area contributed by atoms with Crippen LogP contribution in [0, 0.1) is 5.92 Å². The Morgan fingerprint density at radius 3 is 2.58 bits per heavy atom. The van der Waals surface area contributed by atoms with Gasteiger partial charge in [0, 0.05) is 12.1 Å². The molecule has 1 amide bonds. The molecule has 0 aliphatic rings. The molecule has 0 aromatic heterocycles. The monoisotopic (exact) mass is 362 g/mol. The molecular formula is C20H34N4O2. The molecule has 0 saturated heterocycles. The second-order valence-electron chi connectivity index (χ2n) is 7.70. The third kappa shape index (κ3) is 9.91. The molecule has 1 aromatic carbocycles. The van der Waals surface area contributed by atoms with Crippen molar-refractivity contribution >= 4 is 11.9 Å². The minimum atomic E-state index is -0.245. The van der Waals surface area contributed by atoms with Gasteiger partial charge in [-0.1, -0.05) is 26.0 Å². The molecule has 0 saturated carbocycles. The fourth-order valence-corrected chi connectivity index (χ4v) is 2.14. The quantitative estimate of drug-likeness (QED) is 0.491. The highest BCUT2D eigenvalue weighted by Crippen LogP contribution is 2.15. The predicted molar refractivity (Wildman–Crippen MR) is 107 cm³/mol. The van der Waals surface area contributed by atoms with Crippen molar-refractivity contribution in [2.24, 2.45) is 10.9 Å². The van der Waals surface area contributed by atoms with E-state index < -0.39 is 0 Å². The van der Waals surface area contributed by atoms with E-state index in [9.17, 15) is 4.79 Å². The summed E-state index contributed by atoms with van der Waals surface area (Å²) in [4.78, 5) is 16.5. The Morgan fingerprint density at radius 1 is 1.23 bits per heavy atom. The second-order valence-corrected chi connectivity index (χ2v) is 7.70. The van der Waals surface area contributed by atoms with Crippen LogP contribution in [0.3, 0.4) is 0 Å². The van der Waals surface area contributed by atoms with Gasteiger partial charge in [-0.25, -0.2) is 4.99 Å². The fourth-order valence-electron chi connectivity index (χ4n) is 2.14. The Morgan fingerprint density at radius 2 is 1.96 bits per heavy atom. The molecule has 0 radical (unpaired) electrons. The third-order valence-corrected chi connectivity index (χ3v) is 3.18. The Labute approximate surface area is 157 Å². The van der Waals surface area contributed by atoms with E-state index in [0.29, 0.717) is 25.0 Å². The molecule has 0 atom stereocenters. The largest absolute Gasteiger partial charge is 0.493 e. The van der Waals surface area contributed by atoms with E-state index in [-0.39, 0.29) is 18.0 Å². The van der Waals surface area contributed by atoms with Gasteiger partial charge in [-0.3, -0.25) is 4.79 Å². The molecule has 0 aliphatic carbocycles. The minimum Gasteiger partial charge on any atom is -0.493 e. The fraction of sp³-hybridized carbons (Fsp3) is 0.600. The maximum Gasteiger partial charge on any atom is 0.239 e. The Kier molecular flexibility index (Phi) is 8.96. The summed E-state index contributed by atoms with van der Waals surface area (Å²) in [6.07, 6.45) is 0. The standard InChI is InChI=1S/C20H34N4O2/c1-7-21-19(23-13-18(25)24-20(4,5)6)22-12-16-9-8-10-17(11-16)26-14-15(2)3/h8-11,15H,7,12-14H2,1-6H3,(H,24,25)(H2,21,22,23). The third-order valence-electron chi connectivity index (χ3n) is 3.18. The van der Waals surface area contributed by atoms with E-state index >= 15 is 0 Å². The van der Waals surface area contributed by atoms with E-state index in [0.717, 1.165) is 17.9 Å². The number of hydrogen-bond donors (Lipinski definition) is 3. The number of nitrogens with zero attached hydrogens (tertiary/aromatic N) is 1. The van der Waals surface area contributed by atoms with Crippen LogP contribution in [0.25, 0.3) is 0 Å². The number of carbonyl (C=O) groups excluding carboxylic acids is 1. The molecule has 1 rings (SSSR count). The van der Waals surface area contributed by atoms with Crippen LogP contribution >= 0.6 is 0 Å². The molecule has 6 heteroatoms. The van der Waals surface area contributed by atoms with Crippen molar-refractivity contribution in [2.75, 3.05) is 19.7 Å². The van der Waals surface area contributed by atoms with Gasteiger partial charge < -0.3 is 20.7 Å². The SMILES string of the molecule is CCNC(=NCc1cccc(OCC(C)C)c1)NCC(=O)NC(C)(C)C. The molecule has 1 aromatic rings. The number of amides is 1. The van der Waals surface area contributed by atoms with Crippen LogP contribution in [-0.4, -0.2) is 37.1 Å². The number of ether oxygens (including phenoxy) is 1. The van der Waals surface area contributed by atoms with Gasteiger partial charge in [-0.15, -0.1) is 0 Å². The van der Waals surface area contributed by atoms with Crippen molar-refractivity contribution < 1.29 is 9.53 Å². The molecule has 0 aliphatic heterocycles. The van der Waals surface area contributed by atoms with Crippen molar-refractivity contribution in [3.63, 3.8) is 0 Å². The highest BCUT2D eigenvalue weighted by molar-refractivity contribution is 5.86. The van der Waals surface area contributed by atoms with Gasteiger partial charge in [0.15, 0.2) is 5.96 Å². The van der Waals surface area contributed by atoms with Crippen LogP contribution in [-0.2, 0) is 11.3 Å². The van der Waals surface area contributed by atoms with Crippen LogP contribution in [0.4, 0.5) is 0 Å². The molecule has 0 spiro atoms. The number of carbonyl (C=O) groups is 1. The zero-order valence-electron chi connectivity index (χ0n) is 17.0. The summed E-state index contributed by atoms with van der Waals surface area (Å²) in [5.41, 5.74) is 0.813. The second kappa shape index (κ2) is 10.7. The first-order valence-electron chi connectivity index (χ1n) is 9.24. The van der Waals surface area contributed by atoms with Gasteiger partial charge in [-0.2, -0.15) is 0 Å². The van der Waals surface area contributed by atoms with Gasteiger partial charge in [0.2, 0.25) is 5.91 Å². The lowest BCUT2D eigenvalue weighted by Gasteiger charge is -2.21. The van der Waals surface area contributed by atoms with Crippen molar-refractivity contribution in [2.45, 2.75) is 53.6 Å². The lowest BCUT2D eigenvalue weighted by Crippen LogP contribution is -2.48. The molecule has 6 nitrogen and oxygen atoms in total. The lowest BCUT2D eigenvalue weighted by atomic mass is 10.1. The average molecular weight is 363 g/mol. The van der Waals surface area contributed by atoms with Crippen LogP contribution in [0.5, 0.6) is 5.75 Å². The topological polar surface area (TPSA) is 74.8 Å². The first kappa shape index (κ1) is 21.8. The predicted octanol–water partition coefficient (Wildman–Crippen LogP) is 2.69. The van der Waals surface area contributed by atoms with E-state index in [1.807, 2.05) is 52.0 Å². The Balaban J connectivity index is 2.63. The summed E-state index contributed by atoms with van der Waals surface area (Å²) in [5.74, 6) is 1.90. The number of guanidine groups is 1. The lowest BCUT2D eigenvalue weighted by molar-refractivity contribution is -0.121. The van der Waals surface area contributed by atoms with Crippen molar-refractivity contribution in [1.82, 2.24) is 16.0 Å². The zero-order chi connectivity index (χ0) is 19.6. The Hall–Kier alpha value is -2.24. The molecule has 0 bridgehead atoms. The molecular weight excluding hydrogens is 328 g/mol. The van der Waals surface area contributed by atoms with Gasteiger partial charge in [-0.05, 0) is 51.3 Å². The average Bonchev–Trinajstić information content (AvgIpc) is 2.54. The zero-order valence-corrected chi connectivity index (χ0v) is 17.0. The van der Waals surface area contributed by atoms with Crippen molar-refractivity contribution in [1.29, 1.82) is 0 Å². The molecule has 146 valence electrons. The number of aliphatic imine (C=N–C) groups is 1. The summed E-state index contributed by atoms with van der Waals surface area (Å²) >= 11 is 0. The van der Waals surface area contributed by atoms with Gasteiger partial charge in [0.05, 0.1) is 19.7 Å². The van der Waals surface area contributed by atoms with Crippen molar-refractivity contribution in [3.05, 3.63) is 29.8 Å². The maximum atomic E-state index is 11.9. The minimum absolute atomic E-state index is 0.0628. The van der Waals surface area contributed by atoms with Crippen LogP contribution < -0.4 is 20.7 Å². The highest BCUT2D eigenvalue weighted by Gasteiger charge is 2.13. The first-order chi connectivity index (χ1) is 12.2. The first-order valence-corrected chi connectivity index (χ1v) is 9.24. The Bertz CT molecular complexity index is 592. The number of benzene rings is 1. The molecule has 26 heavy (non-hydrogen) atoms. The summed E-state index contributed by atoms with van der Waals surface area (Å²) < 4.78 is 5.76. The summed E-state index contributed by atoms with van der Waals surface area (Å²) in [6.45, 7) is 14.2. The molecule has 0 heterocycles. The summed E-state index contributed by atoms with van der Waals surface area (Å²) in [6, 6.07) is 7.94. The number of nitrogens with one attached hydrogen (secondary N) is 3. The van der Waals surface area contributed by atoms with E-state index in [1.165, 1.54) is 0 Å². The van der Waals surface area contributed by atoms with Gasteiger partial charge in [0.25, 0.3) is 0 Å².